The number of hydrogen-bond donors (Lipinski definition) is 2. The van der Waals surface area contributed by atoms with Crippen molar-refractivity contribution in [3.63, 3.8) is 0 Å². The highest BCUT2D eigenvalue weighted by atomic mass is 32.1. The Labute approximate surface area is 163 Å². The van der Waals surface area contributed by atoms with Gasteiger partial charge in [-0.3, -0.25) is 0 Å². The Balaban J connectivity index is 1.54. The van der Waals surface area contributed by atoms with Gasteiger partial charge in [0.15, 0.2) is 0 Å². The second-order valence-electron chi connectivity index (χ2n) is 5.84. The highest BCUT2D eigenvalue weighted by molar-refractivity contribution is 7.29. The quantitative estimate of drug-likeness (QED) is 0.342. The molecule has 0 radical (unpaired) electrons. The van der Waals surface area contributed by atoms with Crippen LogP contribution < -0.4 is 0 Å². The molecular formula is C18H10N4S4. The van der Waals surface area contributed by atoms with Gasteiger partial charge >= 0.3 is 0 Å². The van der Waals surface area contributed by atoms with Crippen LogP contribution in [0.1, 0.15) is 0 Å². The van der Waals surface area contributed by atoms with Gasteiger partial charge in [0.25, 0.3) is 0 Å². The molecule has 6 aromatic heterocycles. The number of nitrogens with zero attached hydrogens (tertiary/aromatic N) is 2. The maximum absolute atomic E-state index is 4.16. The topological polar surface area (TPSA) is 57.4 Å². The number of H-pyrrole nitrogens is 2. The Hall–Kier alpha value is -2.26. The van der Waals surface area contributed by atoms with Crippen LogP contribution >= 0.6 is 45.3 Å². The third-order valence-corrected chi connectivity index (χ3v) is 8.75. The van der Waals surface area contributed by atoms with Crippen molar-refractivity contribution < 1.29 is 0 Å². The maximum Gasteiger partial charge on any atom is 0.0924 e. The van der Waals surface area contributed by atoms with Crippen molar-refractivity contribution in [3.05, 3.63) is 46.6 Å². The molecule has 0 saturated heterocycles. The standard InChI is InChI=1S/C18H10N4S4/c1-13(21-7-19-1)11-5-25-15-9(3-23-17(11)15)10-4-24-18-12(6-26-16(10)18)14-2-20-8-22-14/h1-8H,(H,19,21)(H,20,22). The van der Waals surface area contributed by atoms with Gasteiger partial charge in [-0.2, -0.15) is 0 Å². The zero-order valence-electron chi connectivity index (χ0n) is 13.1. The maximum atomic E-state index is 4.16. The van der Waals surface area contributed by atoms with Gasteiger partial charge < -0.3 is 9.97 Å². The summed E-state index contributed by atoms with van der Waals surface area (Å²) in [6.07, 6.45) is 7.25. The van der Waals surface area contributed by atoms with E-state index in [-0.39, 0.29) is 0 Å². The Kier molecular flexibility index (Phi) is 3.21. The fourth-order valence-electron chi connectivity index (χ4n) is 3.19. The molecule has 6 heterocycles. The molecule has 0 bridgehead atoms. The van der Waals surface area contributed by atoms with Crippen LogP contribution in [-0.2, 0) is 0 Å². The molecule has 0 atom stereocenters. The monoisotopic (exact) mass is 410 g/mol. The molecule has 2 N–H and O–H groups in total. The summed E-state index contributed by atoms with van der Waals surface area (Å²) in [5.74, 6) is 0. The van der Waals surface area contributed by atoms with Crippen LogP contribution in [0.2, 0.25) is 0 Å². The summed E-state index contributed by atoms with van der Waals surface area (Å²) in [5, 5.41) is 9.04. The molecule has 0 fully saturated rings. The lowest BCUT2D eigenvalue weighted by Gasteiger charge is -1.93. The molecular weight excluding hydrogens is 400 g/mol. The zero-order chi connectivity index (χ0) is 17.1. The highest BCUT2D eigenvalue weighted by Crippen LogP contribution is 2.49. The van der Waals surface area contributed by atoms with E-state index in [9.17, 15) is 0 Å². The van der Waals surface area contributed by atoms with E-state index >= 15 is 0 Å². The number of hydrogen-bond acceptors (Lipinski definition) is 6. The Bertz CT molecular complexity index is 1220. The van der Waals surface area contributed by atoms with E-state index < -0.39 is 0 Å². The van der Waals surface area contributed by atoms with Crippen LogP contribution in [0.25, 0.3) is 52.4 Å². The zero-order valence-corrected chi connectivity index (χ0v) is 16.4. The smallest absolute Gasteiger partial charge is 0.0924 e. The van der Waals surface area contributed by atoms with Crippen molar-refractivity contribution >= 4 is 64.1 Å². The van der Waals surface area contributed by atoms with Gasteiger partial charge in [-0.1, -0.05) is 0 Å². The van der Waals surface area contributed by atoms with Crippen molar-refractivity contribution in [2.75, 3.05) is 0 Å². The van der Waals surface area contributed by atoms with Gasteiger partial charge in [-0.05, 0) is 0 Å². The van der Waals surface area contributed by atoms with Crippen LogP contribution in [0.3, 0.4) is 0 Å². The minimum absolute atomic E-state index is 1.08. The number of rotatable bonds is 3. The Morgan fingerprint density at radius 1 is 0.538 bits per heavy atom. The van der Waals surface area contributed by atoms with Gasteiger partial charge in [-0.15, -0.1) is 45.3 Å². The fraction of sp³-hybridized carbons (Fsp3) is 0. The summed E-state index contributed by atoms with van der Waals surface area (Å²) in [6, 6.07) is 0. The molecule has 0 aliphatic carbocycles. The first-order valence-electron chi connectivity index (χ1n) is 7.85. The van der Waals surface area contributed by atoms with Crippen LogP contribution in [0.5, 0.6) is 0 Å². The summed E-state index contributed by atoms with van der Waals surface area (Å²) in [6.45, 7) is 0. The van der Waals surface area contributed by atoms with Crippen LogP contribution in [0.4, 0.5) is 0 Å². The molecule has 0 aliphatic heterocycles. The molecule has 0 unspecified atom stereocenters. The summed E-state index contributed by atoms with van der Waals surface area (Å²) in [4.78, 5) is 14.8. The van der Waals surface area contributed by atoms with Gasteiger partial charge in [0, 0.05) is 43.8 Å². The highest BCUT2D eigenvalue weighted by Gasteiger charge is 2.19. The minimum Gasteiger partial charge on any atom is -0.345 e. The lowest BCUT2D eigenvalue weighted by Crippen LogP contribution is -1.70. The fourth-order valence-corrected chi connectivity index (χ4v) is 8.04. The van der Waals surface area contributed by atoms with Crippen LogP contribution in [-0.4, -0.2) is 19.9 Å². The first-order valence-corrected chi connectivity index (χ1v) is 11.4. The summed E-state index contributed by atoms with van der Waals surface area (Å²) in [7, 11) is 0. The third-order valence-electron chi connectivity index (χ3n) is 4.44. The molecule has 126 valence electrons. The van der Waals surface area contributed by atoms with E-state index in [2.05, 4.69) is 41.5 Å². The van der Waals surface area contributed by atoms with Gasteiger partial charge in [0.05, 0.1) is 55.2 Å². The molecule has 4 nitrogen and oxygen atoms in total. The first kappa shape index (κ1) is 14.9. The van der Waals surface area contributed by atoms with E-state index in [4.69, 9.17) is 0 Å². The van der Waals surface area contributed by atoms with E-state index in [1.54, 1.807) is 12.7 Å². The molecule has 0 aliphatic rings. The number of thiophene rings is 4. The molecule has 0 saturated carbocycles. The largest absolute Gasteiger partial charge is 0.345 e. The molecule has 26 heavy (non-hydrogen) atoms. The number of aromatic nitrogens is 4. The predicted molar refractivity (Wildman–Crippen MR) is 114 cm³/mol. The van der Waals surface area contributed by atoms with Gasteiger partial charge in [0.1, 0.15) is 0 Å². The minimum atomic E-state index is 1.08. The lowest BCUT2D eigenvalue weighted by atomic mass is 10.1. The third kappa shape index (κ3) is 2.04. The SMILES string of the molecule is c1ncc(-c2csc3c(-c4csc5c(-c6cnc[nH]6)csc45)csc23)[nH]1. The van der Waals surface area contributed by atoms with Crippen molar-refractivity contribution in [1.82, 2.24) is 19.9 Å². The van der Waals surface area contributed by atoms with Gasteiger partial charge in [0.2, 0.25) is 0 Å². The van der Waals surface area contributed by atoms with Crippen molar-refractivity contribution in [3.8, 4) is 33.6 Å². The van der Waals surface area contributed by atoms with Crippen molar-refractivity contribution in [2.45, 2.75) is 0 Å². The predicted octanol–water partition coefficient (Wildman–Crippen LogP) is 6.69. The van der Waals surface area contributed by atoms with E-state index in [1.165, 1.54) is 41.1 Å². The summed E-state index contributed by atoms with van der Waals surface area (Å²) < 4.78 is 5.38. The van der Waals surface area contributed by atoms with Crippen molar-refractivity contribution in [1.29, 1.82) is 0 Å². The summed E-state index contributed by atoms with van der Waals surface area (Å²) in [5.41, 5.74) is 7.33. The Morgan fingerprint density at radius 2 is 0.923 bits per heavy atom. The Morgan fingerprint density at radius 3 is 1.31 bits per heavy atom. The number of nitrogens with one attached hydrogen (secondary N) is 2. The molecule has 0 spiro atoms. The second-order valence-corrected chi connectivity index (χ2v) is 9.36. The van der Waals surface area contributed by atoms with Crippen LogP contribution in [0.15, 0.2) is 46.6 Å². The molecule has 8 heteroatoms. The van der Waals surface area contributed by atoms with Crippen LogP contribution in [0, 0.1) is 0 Å². The average Bonchev–Trinajstić information content (AvgIpc) is 3.44. The van der Waals surface area contributed by atoms with E-state index in [0.29, 0.717) is 0 Å². The first-order chi connectivity index (χ1) is 12.9. The lowest BCUT2D eigenvalue weighted by molar-refractivity contribution is 1.32. The molecule has 0 amide bonds. The molecule has 6 rings (SSSR count). The second kappa shape index (κ2) is 5.62. The molecule has 0 aromatic carbocycles. The van der Waals surface area contributed by atoms with Crippen molar-refractivity contribution in [2.24, 2.45) is 0 Å². The summed E-state index contributed by atoms with van der Waals surface area (Å²) >= 11 is 7.25. The average molecular weight is 411 g/mol. The number of imidazole rings is 2. The molecule has 6 aromatic rings. The number of fused-ring (bicyclic) bond motifs is 2. The van der Waals surface area contributed by atoms with E-state index in [0.717, 1.165) is 11.4 Å². The van der Waals surface area contributed by atoms with E-state index in [1.807, 2.05) is 57.7 Å². The van der Waals surface area contributed by atoms with Gasteiger partial charge in [-0.25, -0.2) is 9.97 Å². The normalized spacial score (nSPS) is 11.8. The number of aromatic amines is 2.